The van der Waals surface area contributed by atoms with E-state index in [0.717, 1.165) is 11.8 Å². The highest BCUT2D eigenvalue weighted by atomic mass is 79.9. The van der Waals surface area contributed by atoms with E-state index in [1.54, 1.807) is 29.1 Å². The van der Waals surface area contributed by atoms with Gasteiger partial charge in [0.25, 0.3) is 0 Å². The van der Waals surface area contributed by atoms with Gasteiger partial charge in [-0.05, 0) is 40.5 Å². The number of carbonyl (C=O) groups is 1. The summed E-state index contributed by atoms with van der Waals surface area (Å²) >= 11 is 15.4. The van der Waals surface area contributed by atoms with Gasteiger partial charge in [0.2, 0.25) is 5.91 Å². The van der Waals surface area contributed by atoms with Gasteiger partial charge in [-0.25, -0.2) is 0 Å². The molecule has 0 bridgehead atoms. The Labute approximate surface area is 177 Å². The molecule has 0 aliphatic heterocycles. The number of nitro groups is 1. The molecule has 28 heavy (non-hydrogen) atoms. The van der Waals surface area contributed by atoms with Gasteiger partial charge in [-0.3, -0.25) is 24.3 Å². The second kappa shape index (κ2) is 8.29. The van der Waals surface area contributed by atoms with Gasteiger partial charge in [-0.1, -0.05) is 29.3 Å². The van der Waals surface area contributed by atoms with Gasteiger partial charge in [-0.2, -0.15) is 10.2 Å². The van der Waals surface area contributed by atoms with Crippen molar-refractivity contribution in [3.05, 3.63) is 66.5 Å². The van der Waals surface area contributed by atoms with Crippen LogP contribution in [0.1, 0.15) is 11.3 Å². The van der Waals surface area contributed by atoms with Crippen molar-refractivity contribution in [2.24, 2.45) is 0 Å². The first-order valence-electron chi connectivity index (χ1n) is 7.88. The molecular weight excluding hydrogens is 475 g/mol. The molecule has 1 N–H and O–H groups in total. The van der Waals surface area contributed by atoms with Crippen LogP contribution in [0.2, 0.25) is 10.0 Å². The van der Waals surface area contributed by atoms with Crippen LogP contribution < -0.4 is 5.32 Å². The van der Waals surface area contributed by atoms with Crippen molar-refractivity contribution in [2.75, 3.05) is 5.32 Å². The summed E-state index contributed by atoms with van der Waals surface area (Å²) in [5.41, 5.74) is 0.971. The van der Waals surface area contributed by atoms with Gasteiger partial charge < -0.3 is 5.32 Å². The summed E-state index contributed by atoms with van der Waals surface area (Å²) in [6.45, 7) is 1.73. The Kier molecular flexibility index (Phi) is 6.01. The molecule has 3 rings (SSSR count). The molecule has 2 aromatic heterocycles. The monoisotopic (exact) mass is 486 g/mol. The average Bonchev–Trinajstić information content (AvgIpc) is 3.13. The zero-order valence-electron chi connectivity index (χ0n) is 14.4. The highest BCUT2D eigenvalue weighted by molar-refractivity contribution is 9.10. The molecule has 0 radical (unpaired) electrons. The molecule has 3 aromatic rings. The molecule has 1 aromatic carbocycles. The number of hydrogen-bond donors (Lipinski definition) is 1. The Hall–Kier alpha value is -2.43. The summed E-state index contributed by atoms with van der Waals surface area (Å²) in [5, 5.41) is 22.8. The number of halogens is 3. The predicted octanol–water partition coefficient (Wildman–Crippen LogP) is 4.05. The molecule has 9 nitrogen and oxygen atoms in total. The van der Waals surface area contributed by atoms with Crippen molar-refractivity contribution in [3.63, 3.8) is 0 Å². The Morgan fingerprint density at radius 1 is 1.39 bits per heavy atom. The van der Waals surface area contributed by atoms with E-state index in [2.05, 4.69) is 31.4 Å². The topological polar surface area (TPSA) is 108 Å². The van der Waals surface area contributed by atoms with E-state index in [9.17, 15) is 14.9 Å². The molecule has 0 saturated heterocycles. The lowest BCUT2D eigenvalue weighted by Crippen LogP contribution is -2.21. The summed E-state index contributed by atoms with van der Waals surface area (Å²) in [4.78, 5) is 22.6. The molecule has 0 saturated carbocycles. The lowest BCUT2D eigenvalue weighted by Gasteiger charge is -2.06. The summed E-state index contributed by atoms with van der Waals surface area (Å²) < 4.78 is 3.44. The van der Waals surface area contributed by atoms with Crippen LogP contribution in [0.15, 0.2) is 35.1 Å². The maximum Gasteiger partial charge on any atom is 0.309 e. The van der Waals surface area contributed by atoms with Gasteiger partial charge in [0, 0.05) is 16.2 Å². The normalized spacial score (nSPS) is 10.9. The van der Waals surface area contributed by atoms with Crippen LogP contribution in [0.5, 0.6) is 0 Å². The van der Waals surface area contributed by atoms with Crippen molar-refractivity contribution in [2.45, 2.75) is 20.0 Å². The lowest BCUT2D eigenvalue weighted by molar-refractivity contribution is -0.385. The second-order valence-corrected chi connectivity index (χ2v) is 7.54. The van der Waals surface area contributed by atoms with Gasteiger partial charge in [0.1, 0.15) is 18.4 Å². The Bertz CT molecular complexity index is 1060. The maximum atomic E-state index is 12.3. The van der Waals surface area contributed by atoms with E-state index < -0.39 is 10.8 Å². The maximum absolute atomic E-state index is 12.3. The lowest BCUT2D eigenvalue weighted by atomic mass is 10.2. The Morgan fingerprint density at radius 3 is 2.79 bits per heavy atom. The molecule has 0 atom stereocenters. The van der Waals surface area contributed by atoms with E-state index in [0.29, 0.717) is 32.6 Å². The number of benzene rings is 1. The molecule has 0 aliphatic carbocycles. The quantitative estimate of drug-likeness (QED) is 0.416. The van der Waals surface area contributed by atoms with Crippen molar-refractivity contribution < 1.29 is 9.72 Å². The third kappa shape index (κ3) is 4.51. The summed E-state index contributed by atoms with van der Waals surface area (Å²) in [6, 6.07) is 5.17. The van der Waals surface area contributed by atoms with Crippen LogP contribution in [0.3, 0.4) is 0 Å². The van der Waals surface area contributed by atoms with Crippen LogP contribution in [-0.4, -0.2) is 30.4 Å². The van der Waals surface area contributed by atoms with Crippen LogP contribution >= 0.6 is 39.1 Å². The zero-order chi connectivity index (χ0) is 20.4. The van der Waals surface area contributed by atoms with Gasteiger partial charge >= 0.3 is 5.69 Å². The SMILES string of the molecule is Cc1c([N+](=O)[O-])cnn1CC(=O)Nc1nn(Cc2ccc(Cl)cc2Cl)cc1Br. The fourth-order valence-electron chi connectivity index (χ4n) is 2.47. The van der Waals surface area contributed by atoms with Crippen LogP contribution in [-0.2, 0) is 17.9 Å². The van der Waals surface area contributed by atoms with Gasteiger partial charge in [0.05, 0.1) is 15.9 Å². The van der Waals surface area contributed by atoms with Crippen molar-refractivity contribution in [1.82, 2.24) is 19.6 Å². The minimum Gasteiger partial charge on any atom is -0.307 e. The van der Waals surface area contributed by atoms with Crippen molar-refractivity contribution >= 4 is 56.5 Å². The minimum atomic E-state index is -0.545. The van der Waals surface area contributed by atoms with E-state index in [-0.39, 0.29) is 12.2 Å². The molecule has 1 amide bonds. The van der Waals surface area contributed by atoms with Crippen molar-refractivity contribution in [1.29, 1.82) is 0 Å². The number of anilines is 1. The number of carbonyl (C=O) groups excluding carboxylic acids is 1. The number of rotatable bonds is 6. The average molecular weight is 488 g/mol. The molecule has 12 heteroatoms. The van der Waals surface area contributed by atoms with E-state index in [4.69, 9.17) is 23.2 Å². The van der Waals surface area contributed by atoms with E-state index in [1.165, 1.54) is 11.6 Å². The molecule has 0 spiro atoms. The summed E-state index contributed by atoms with van der Waals surface area (Å²) in [7, 11) is 0. The minimum absolute atomic E-state index is 0.141. The van der Waals surface area contributed by atoms with Crippen molar-refractivity contribution in [3.8, 4) is 0 Å². The smallest absolute Gasteiger partial charge is 0.307 e. The molecule has 0 unspecified atom stereocenters. The summed E-state index contributed by atoms with van der Waals surface area (Å²) in [5.74, 6) is -0.106. The molecule has 146 valence electrons. The van der Waals surface area contributed by atoms with E-state index >= 15 is 0 Å². The highest BCUT2D eigenvalue weighted by Crippen LogP contribution is 2.25. The van der Waals surface area contributed by atoms with Gasteiger partial charge in [0.15, 0.2) is 5.82 Å². The molecular formula is C16H13BrCl2N6O3. The number of amides is 1. The fourth-order valence-corrected chi connectivity index (χ4v) is 3.35. The predicted molar refractivity (Wildman–Crippen MR) is 108 cm³/mol. The zero-order valence-corrected chi connectivity index (χ0v) is 17.5. The Morgan fingerprint density at radius 2 is 2.14 bits per heavy atom. The van der Waals surface area contributed by atoms with Crippen LogP contribution in [0, 0.1) is 17.0 Å². The second-order valence-electron chi connectivity index (χ2n) is 5.84. The fraction of sp³-hybridized carbons (Fsp3) is 0.188. The van der Waals surface area contributed by atoms with E-state index in [1.807, 2.05) is 0 Å². The highest BCUT2D eigenvalue weighted by Gasteiger charge is 2.19. The third-order valence-corrected chi connectivity index (χ3v) is 5.06. The third-order valence-electron chi connectivity index (χ3n) is 3.89. The standard InChI is InChI=1S/C16H13BrCl2N6O3/c1-9-14(25(27)28)5-20-24(9)8-15(26)21-16-12(17)7-23(22-16)6-10-2-3-11(18)4-13(10)19/h2-5,7H,6,8H2,1H3,(H,21,22,26). The molecule has 0 fully saturated rings. The molecule has 0 aliphatic rings. The number of nitrogens with one attached hydrogen (secondary N) is 1. The first-order valence-corrected chi connectivity index (χ1v) is 9.43. The first-order chi connectivity index (χ1) is 13.2. The van der Waals surface area contributed by atoms with Gasteiger partial charge in [-0.15, -0.1) is 0 Å². The molecule has 2 heterocycles. The van der Waals surface area contributed by atoms with Crippen LogP contribution in [0.25, 0.3) is 0 Å². The largest absolute Gasteiger partial charge is 0.309 e. The number of nitrogens with zero attached hydrogens (tertiary/aromatic N) is 5. The Balaban J connectivity index is 1.69. The first kappa shape index (κ1) is 20.3. The summed E-state index contributed by atoms with van der Waals surface area (Å²) in [6.07, 6.45) is 2.81. The number of hydrogen-bond acceptors (Lipinski definition) is 5. The van der Waals surface area contributed by atoms with Crippen LogP contribution in [0.4, 0.5) is 11.5 Å². The number of aromatic nitrogens is 4.